The molecular weight excluding hydrogens is 96.1 g/mol. The molecule has 0 amide bonds. The first-order valence-corrected chi connectivity index (χ1v) is 2.82. The highest BCUT2D eigenvalue weighted by molar-refractivity contribution is 5.13. The minimum Gasteiger partial charge on any atom is -0.122 e. The molecule has 0 spiro atoms. The van der Waals surface area contributed by atoms with Gasteiger partial charge in [0.2, 0.25) is 0 Å². The Morgan fingerprint density at radius 1 is 1.38 bits per heavy atom. The zero-order chi connectivity index (χ0) is 6.41. The molecule has 0 aliphatic carbocycles. The molecule has 0 rings (SSSR count). The van der Waals surface area contributed by atoms with Crippen molar-refractivity contribution < 1.29 is 0 Å². The quantitative estimate of drug-likeness (QED) is 0.358. The smallest absolute Gasteiger partial charge is 0.00981 e. The van der Waals surface area contributed by atoms with Crippen LogP contribution in [0.5, 0.6) is 0 Å². The van der Waals surface area contributed by atoms with Gasteiger partial charge in [-0.1, -0.05) is 12.2 Å². The maximum absolute atomic E-state index is 3.05. The number of hydrogen-bond donors (Lipinski definition) is 0. The van der Waals surface area contributed by atoms with Crippen molar-refractivity contribution in [3.63, 3.8) is 0 Å². The Labute approximate surface area is 51.2 Å². The topological polar surface area (TPSA) is 0 Å². The van der Waals surface area contributed by atoms with Crippen molar-refractivity contribution in [3.05, 3.63) is 29.5 Å². The number of hydrogen-bond acceptors (Lipinski definition) is 0. The lowest BCUT2D eigenvalue weighted by molar-refractivity contribution is 1.51. The fourth-order valence-electron chi connectivity index (χ4n) is 0.526. The molecule has 0 heteroatoms. The second-order valence-electron chi connectivity index (χ2n) is 1.62. The second-order valence-corrected chi connectivity index (χ2v) is 1.62. The lowest BCUT2D eigenvalue weighted by Crippen LogP contribution is -1.58. The Kier molecular flexibility index (Phi) is 4.01. The van der Waals surface area contributed by atoms with Crippen LogP contribution in [0, 0.1) is 0 Å². The average molecular weight is 108 g/mol. The van der Waals surface area contributed by atoms with Crippen molar-refractivity contribution in [1.82, 2.24) is 0 Å². The minimum atomic E-state index is 1.18. The highest BCUT2D eigenvalue weighted by Crippen LogP contribution is 1.89. The normalized spacial score (nSPS) is 8.88. The fraction of sp³-hybridized carbons (Fsp3) is 0.375. The third kappa shape index (κ3) is 3.45. The molecule has 0 nitrogen and oxygen atoms in total. The van der Waals surface area contributed by atoms with Crippen LogP contribution in [0.4, 0.5) is 0 Å². The van der Waals surface area contributed by atoms with E-state index in [9.17, 15) is 0 Å². The first kappa shape index (κ1) is 7.26. The molecule has 0 aromatic rings. The van der Waals surface area contributed by atoms with Gasteiger partial charge in [0.25, 0.3) is 0 Å². The summed E-state index contributed by atoms with van der Waals surface area (Å²) in [6.45, 7) is 5.99. The molecule has 0 heterocycles. The van der Waals surface area contributed by atoms with Crippen molar-refractivity contribution in [3.8, 4) is 0 Å². The second kappa shape index (κ2) is 4.42. The third-order valence-corrected chi connectivity index (χ3v) is 0.789. The Bertz CT molecular complexity index is 132. The van der Waals surface area contributed by atoms with E-state index in [2.05, 4.69) is 5.73 Å². The highest BCUT2D eigenvalue weighted by Gasteiger charge is 1.69. The molecule has 0 N–H and O–H groups in total. The van der Waals surface area contributed by atoms with Crippen molar-refractivity contribution >= 4 is 0 Å². The van der Waals surface area contributed by atoms with E-state index in [1.165, 1.54) is 5.57 Å². The predicted molar refractivity (Wildman–Crippen MR) is 37.8 cm³/mol. The molecule has 8 heavy (non-hydrogen) atoms. The lowest BCUT2D eigenvalue weighted by atomic mass is 10.3. The molecule has 0 saturated carbocycles. The Balaban J connectivity index is 4.01. The summed E-state index contributed by atoms with van der Waals surface area (Å²) < 4.78 is 0. The summed E-state index contributed by atoms with van der Waals surface area (Å²) in [5.74, 6) is 0. The zero-order valence-corrected chi connectivity index (χ0v) is 5.73. The van der Waals surface area contributed by atoms with Gasteiger partial charge >= 0.3 is 0 Å². The Morgan fingerprint density at radius 3 is 2.38 bits per heavy atom. The molecule has 0 aliphatic rings. The van der Waals surface area contributed by atoms with Gasteiger partial charge in [-0.2, -0.15) is 0 Å². The van der Waals surface area contributed by atoms with Crippen molar-refractivity contribution in [2.24, 2.45) is 0 Å². The highest BCUT2D eigenvalue weighted by atomic mass is 13.7. The van der Waals surface area contributed by atoms with E-state index >= 15 is 0 Å². The lowest BCUT2D eigenvalue weighted by Gasteiger charge is -1.78. The number of rotatable bonds is 1. The Hall–Kier alpha value is -0.740. The van der Waals surface area contributed by atoms with Gasteiger partial charge in [-0.05, 0) is 32.4 Å². The van der Waals surface area contributed by atoms with Crippen LogP contribution >= 0.6 is 0 Å². The van der Waals surface area contributed by atoms with E-state index in [1.54, 1.807) is 0 Å². The maximum Gasteiger partial charge on any atom is -0.00981 e. The van der Waals surface area contributed by atoms with Gasteiger partial charge in [0.05, 0.1) is 0 Å². The van der Waals surface area contributed by atoms with Crippen LogP contribution in [0.2, 0.25) is 0 Å². The summed E-state index contributed by atoms with van der Waals surface area (Å²) >= 11 is 0. The number of allylic oxidation sites excluding steroid dienone is 3. The third-order valence-electron chi connectivity index (χ3n) is 0.789. The van der Waals surface area contributed by atoms with Crippen LogP contribution in [0.25, 0.3) is 0 Å². The van der Waals surface area contributed by atoms with Gasteiger partial charge < -0.3 is 0 Å². The van der Waals surface area contributed by atoms with Crippen LogP contribution in [0.3, 0.4) is 0 Å². The molecule has 0 aliphatic heterocycles. The van der Waals surface area contributed by atoms with Crippen molar-refractivity contribution in [2.75, 3.05) is 0 Å². The van der Waals surface area contributed by atoms with Crippen LogP contribution in [-0.2, 0) is 0 Å². The van der Waals surface area contributed by atoms with E-state index in [0.717, 1.165) is 0 Å². The van der Waals surface area contributed by atoms with Gasteiger partial charge in [-0.25, -0.2) is 0 Å². The summed E-state index contributed by atoms with van der Waals surface area (Å²) in [7, 11) is 0. The average Bonchev–Trinajstić information content (AvgIpc) is 1.68. The molecular formula is C8H12. The summed E-state index contributed by atoms with van der Waals surface area (Å²) in [5.41, 5.74) is 4.23. The van der Waals surface area contributed by atoms with Crippen LogP contribution in [0.1, 0.15) is 20.8 Å². The first-order valence-electron chi connectivity index (χ1n) is 2.82. The van der Waals surface area contributed by atoms with Gasteiger partial charge in [0.1, 0.15) is 0 Å². The predicted octanol–water partition coefficient (Wildman–Crippen LogP) is 2.68. The van der Waals surface area contributed by atoms with Gasteiger partial charge in [0, 0.05) is 0 Å². The summed E-state index contributed by atoms with van der Waals surface area (Å²) in [4.78, 5) is 0. The van der Waals surface area contributed by atoms with Gasteiger partial charge in [-0.3, -0.25) is 0 Å². The molecule has 0 fully saturated rings. The Morgan fingerprint density at radius 2 is 2.00 bits per heavy atom. The monoisotopic (exact) mass is 108 g/mol. The largest absolute Gasteiger partial charge is 0.122 e. The molecule has 0 bridgehead atoms. The van der Waals surface area contributed by atoms with Crippen LogP contribution in [0.15, 0.2) is 29.5 Å². The summed E-state index contributed by atoms with van der Waals surface area (Å²) in [5, 5.41) is 0. The van der Waals surface area contributed by atoms with Gasteiger partial charge in [0.15, 0.2) is 0 Å². The van der Waals surface area contributed by atoms with E-state index in [4.69, 9.17) is 0 Å². The SMILES string of the molecule is CC=C=C(C)C=CC. The van der Waals surface area contributed by atoms with Gasteiger partial charge in [-0.15, -0.1) is 5.73 Å². The van der Waals surface area contributed by atoms with Crippen molar-refractivity contribution in [1.29, 1.82) is 0 Å². The fourth-order valence-corrected chi connectivity index (χ4v) is 0.526. The minimum absolute atomic E-state index is 1.18. The van der Waals surface area contributed by atoms with E-state index in [0.29, 0.717) is 0 Å². The maximum atomic E-state index is 3.05. The van der Waals surface area contributed by atoms with E-state index in [-0.39, 0.29) is 0 Å². The zero-order valence-electron chi connectivity index (χ0n) is 5.73. The van der Waals surface area contributed by atoms with Crippen LogP contribution < -0.4 is 0 Å². The summed E-state index contributed by atoms with van der Waals surface area (Å²) in [6.07, 6.45) is 5.95. The molecule has 0 atom stereocenters. The molecule has 0 unspecified atom stereocenters. The first-order chi connectivity index (χ1) is 3.81. The van der Waals surface area contributed by atoms with E-state index in [1.807, 2.05) is 39.0 Å². The summed E-state index contributed by atoms with van der Waals surface area (Å²) in [6, 6.07) is 0. The molecule has 0 saturated heterocycles. The molecule has 0 aromatic carbocycles. The van der Waals surface area contributed by atoms with Crippen molar-refractivity contribution in [2.45, 2.75) is 20.8 Å². The molecule has 44 valence electrons. The van der Waals surface area contributed by atoms with Crippen LogP contribution in [-0.4, -0.2) is 0 Å². The standard InChI is InChI=1S/C8H12/c1-4-6-8(3)7-5-2/h4-6H,1-3H3. The molecule has 0 aromatic heterocycles. The molecule has 0 radical (unpaired) electrons. The van der Waals surface area contributed by atoms with E-state index < -0.39 is 0 Å².